The number of methoxy groups -OCH3 is 2. The maximum atomic E-state index is 13.2. The molecule has 1 saturated heterocycles. The molecule has 0 spiro atoms. The highest BCUT2D eigenvalue weighted by atomic mass is 16.6. The van der Waals surface area contributed by atoms with Crippen LogP contribution in [0.25, 0.3) is 0 Å². The van der Waals surface area contributed by atoms with Crippen LogP contribution in [0, 0.1) is 37.0 Å². The predicted molar refractivity (Wildman–Crippen MR) is 314 cm³/mol. The molecule has 7 amide bonds. The van der Waals surface area contributed by atoms with Gasteiger partial charge in [0.05, 0.1) is 25.8 Å². The first-order valence-electron chi connectivity index (χ1n) is 27.6. The molecule has 0 bridgehead atoms. The third-order valence-electron chi connectivity index (χ3n) is 13.0. The molecule has 1 aliphatic heterocycles. The molecule has 3 unspecified atom stereocenters. The Hall–Kier alpha value is -7.40. The van der Waals surface area contributed by atoms with Crippen LogP contribution in [0.5, 0.6) is 5.75 Å². The number of hydrogen-bond acceptors (Lipinski definition) is 15. The van der Waals surface area contributed by atoms with Crippen molar-refractivity contribution in [2.75, 3.05) is 53.3 Å². The summed E-state index contributed by atoms with van der Waals surface area (Å²) in [5.74, 6) is -1.67. The molecule has 82 heavy (non-hydrogen) atoms. The normalized spacial score (nSPS) is 15.3. The Kier molecular flexibility index (Phi) is 31.8. The number of nitrogens with one attached hydrogen (secondary N) is 7. The fourth-order valence-corrected chi connectivity index (χ4v) is 7.86. The van der Waals surface area contributed by atoms with Crippen molar-refractivity contribution >= 4 is 53.7 Å². The molecule has 1 fully saturated rings. The summed E-state index contributed by atoms with van der Waals surface area (Å²) in [5.41, 5.74) is 15.1. The van der Waals surface area contributed by atoms with Crippen molar-refractivity contribution in [3.63, 3.8) is 0 Å². The van der Waals surface area contributed by atoms with Gasteiger partial charge in [0, 0.05) is 57.2 Å². The molecule has 0 aromatic heterocycles. The summed E-state index contributed by atoms with van der Waals surface area (Å²) in [6, 6.07) is 18.3. The van der Waals surface area contributed by atoms with Crippen molar-refractivity contribution in [2.24, 2.45) is 34.6 Å². The highest BCUT2D eigenvalue weighted by Gasteiger charge is 2.47. The maximum Gasteiger partial charge on any atom is 0.407 e. The van der Waals surface area contributed by atoms with Crippen molar-refractivity contribution in [2.45, 2.75) is 138 Å². The number of rotatable bonds is 30. The highest BCUT2D eigenvalue weighted by Crippen LogP contribution is 2.45. The van der Waals surface area contributed by atoms with Gasteiger partial charge >= 0.3 is 18.1 Å². The zero-order chi connectivity index (χ0) is 61.5. The monoisotopic (exact) mass is 1150 g/mol. The van der Waals surface area contributed by atoms with Crippen molar-refractivity contribution in [3.8, 4) is 5.75 Å². The molecule has 0 aliphatic carbocycles. The lowest BCUT2D eigenvalue weighted by Gasteiger charge is -2.25. The number of carbonyl (C=O) groups excluding carboxylic acids is 8. The third kappa shape index (κ3) is 26.5. The molecule has 0 radical (unpaired) electrons. The lowest BCUT2D eigenvalue weighted by molar-refractivity contribution is -0.164. The standard InChI is InChI=1S/C50H74N8O12.C9H12O.CH5N/c1-30(2)24-39(67-9)47(64)69-38(13-10-14-40(60)54-26-41(61)56-28-50(6,7)29-59)32(5)43-44(70-43)35-19-15-33(16-20-35)25-55-49(66)68-27-34-17-21-36(22-18-34)57-45(62)37(12-11-23-53-48(65)52-8)58-46(63)42(51)31(3)4;1-7-4-5-9(10-3)8(2)6-7;1-2/h10,14-22,29-32,37-39,42-44H,11-13,23-28,51H2,1-9H3,(H,54,60)(H,55,66)(H,56,61)(H,57,62)(H,58,63)(H2,52,53,65);4-6H,1-3H3;2H2,1H3/b14-10+;;/t32-,37-,38-,39-,42?,43?,44?;;/m0../s1. The van der Waals surface area contributed by atoms with E-state index in [1.54, 1.807) is 51.3 Å². The molecule has 22 nitrogen and oxygen atoms in total. The van der Waals surface area contributed by atoms with Crippen LogP contribution >= 0.6 is 0 Å². The molecule has 1 heterocycles. The van der Waals surface area contributed by atoms with E-state index < -0.39 is 65.4 Å². The molecule has 7 atom stereocenters. The Balaban J connectivity index is 0.00000170. The Morgan fingerprint density at radius 1 is 0.829 bits per heavy atom. The minimum atomic E-state index is -0.900. The molecule has 0 saturated carbocycles. The van der Waals surface area contributed by atoms with E-state index in [1.807, 2.05) is 77.9 Å². The fourth-order valence-electron chi connectivity index (χ4n) is 7.86. The highest BCUT2D eigenvalue weighted by molar-refractivity contribution is 5.98. The number of aldehydes is 1. The quantitative estimate of drug-likeness (QED) is 0.0130. The second kappa shape index (κ2) is 36.9. The number of urea groups is 1. The molecular formula is C60H91N9O13. The van der Waals surface area contributed by atoms with Gasteiger partial charge in [0.15, 0.2) is 6.10 Å². The van der Waals surface area contributed by atoms with Gasteiger partial charge in [0.1, 0.15) is 36.9 Å². The lowest BCUT2D eigenvalue weighted by atomic mass is 9.93. The van der Waals surface area contributed by atoms with Crippen molar-refractivity contribution in [1.82, 2.24) is 31.9 Å². The largest absolute Gasteiger partial charge is 0.496 e. The number of carbonyl (C=O) groups is 8. The Bertz CT molecular complexity index is 2520. The summed E-state index contributed by atoms with van der Waals surface area (Å²) in [7, 11) is 6.14. The van der Waals surface area contributed by atoms with Gasteiger partial charge in [0.2, 0.25) is 23.6 Å². The maximum absolute atomic E-state index is 13.2. The zero-order valence-electron chi connectivity index (χ0n) is 50.1. The predicted octanol–water partition coefficient (Wildman–Crippen LogP) is 5.57. The molecule has 1 aliphatic rings. The summed E-state index contributed by atoms with van der Waals surface area (Å²) in [5, 5.41) is 18.5. The Labute approximate surface area is 484 Å². The van der Waals surface area contributed by atoms with Crippen LogP contribution in [-0.4, -0.2) is 126 Å². The second-order valence-corrected chi connectivity index (χ2v) is 21.3. The number of benzene rings is 3. The number of alkyl carbamates (subject to hydrolysis) is 1. The van der Waals surface area contributed by atoms with E-state index in [0.717, 1.165) is 23.2 Å². The van der Waals surface area contributed by atoms with E-state index in [2.05, 4.69) is 55.9 Å². The number of esters is 1. The second-order valence-electron chi connectivity index (χ2n) is 21.3. The van der Waals surface area contributed by atoms with Gasteiger partial charge in [-0.1, -0.05) is 109 Å². The minimum absolute atomic E-state index is 0.0352. The van der Waals surface area contributed by atoms with Crippen molar-refractivity contribution < 1.29 is 62.0 Å². The van der Waals surface area contributed by atoms with E-state index in [9.17, 15) is 38.4 Å². The van der Waals surface area contributed by atoms with E-state index in [0.29, 0.717) is 30.6 Å². The van der Waals surface area contributed by atoms with Crippen molar-refractivity contribution in [3.05, 3.63) is 107 Å². The van der Waals surface area contributed by atoms with Crippen LogP contribution < -0.4 is 53.4 Å². The number of nitrogens with two attached hydrogens (primary N) is 2. The van der Waals surface area contributed by atoms with Crippen LogP contribution in [0.3, 0.4) is 0 Å². The number of aryl methyl sites for hydroxylation is 2. The van der Waals surface area contributed by atoms with Gasteiger partial charge in [-0.15, -0.1) is 0 Å². The van der Waals surface area contributed by atoms with Gasteiger partial charge in [-0.25, -0.2) is 14.4 Å². The molecule has 3 aromatic rings. The molecule has 454 valence electrons. The van der Waals surface area contributed by atoms with Crippen LogP contribution in [0.4, 0.5) is 15.3 Å². The molecular weight excluding hydrogens is 1050 g/mol. The fraction of sp³-hybridized carbons (Fsp3) is 0.533. The smallest absolute Gasteiger partial charge is 0.407 e. The minimum Gasteiger partial charge on any atom is -0.496 e. The lowest BCUT2D eigenvalue weighted by Crippen LogP contribution is -2.51. The summed E-state index contributed by atoms with van der Waals surface area (Å²) in [6.45, 7) is 17.3. The first-order chi connectivity index (χ1) is 38.9. The topological polar surface area (TPSA) is 322 Å². The van der Waals surface area contributed by atoms with Gasteiger partial charge in [-0.2, -0.15) is 0 Å². The van der Waals surface area contributed by atoms with Gasteiger partial charge in [-0.05, 0) is 98.5 Å². The van der Waals surface area contributed by atoms with Crippen LogP contribution in [0.2, 0.25) is 0 Å². The number of anilines is 1. The van der Waals surface area contributed by atoms with Gasteiger partial charge in [-0.3, -0.25) is 19.2 Å². The third-order valence-corrected chi connectivity index (χ3v) is 13.0. The summed E-state index contributed by atoms with van der Waals surface area (Å²) < 4.78 is 28.0. The summed E-state index contributed by atoms with van der Waals surface area (Å²) in [4.78, 5) is 99.2. The molecule has 11 N–H and O–H groups in total. The van der Waals surface area contributed by atoms with E-state index in [4.69, 9.17) is 29.4 Å². The molecule has 22 heteroatoms. The van der Waals surface area contributed by atoms with Crippen molar-refractivity contribution in [1.29, 1.82) is 0 Å². The van der Waals surface area contributed by atoms with E-state index in [1.165, 1.54) is 38.4 Å². The first-order valence-corrected chi connectivity index (χ1v) is 27.6. The van der Waals surface area contributed by atoms with Crippen LogP contribution in [0.1, 0.15) is 108 Å². The average molecular weight is 1150 g/mol. The number of epoxide rings is 1. The van der Waals surface area contributed by atoms with Crippen LogP contribution in [0.15, 0.2) is 78.9 Å². The SMILES string of the molecule is CN.CNC(=O)NCCC[C@H](NC(=O)C(N)C(C)C)C(=O)Nc1ccc(COC(=O)NCc2ccc(C3OC3[C@@H](C)[C@H](C/C=C/C(=O)NCC(=O)NCC(C)(C)C=O)OC(=O)[C@H](CC(C)C)OC)cc2)cc1.COc1ccc(C)cc1C. The first kappa shape index (κ1) is 70.7. The number of ether oxygens (including phenoxy) is 5. The average Bonchev–Trinajstić information content (AvgIpc) is 4.48. The van der Waals surface area contributed by atoms with Gasteiger partial charge in [0.25, 0.3) is 0 Å². The molecule has 4 rings (SSSR count). The summed E-state index contributed by atoms with van der Waals surface area (Å²) >= 11 is 0. The van der Waals surface area contributed by atoms with E-state index in [-0.39, 0.29) is 75.1 Å². The number of amides is 7. The molecule has 3 aromatic carbocycles. The van der Waals surface area contributed by atoms with Crippen LogP contribution in [-0.2, 0) is 60.9 Å². The van der Waals surface area contributed by atoms with Gasteiger partial charge < -0.3 is 77.2 Å². The zero-order valence-corrected chi connectivity index (χ0v) is 50.1. The number of hydrogen-bond donors (Lipinski definition) is 9. The Morgan fingerprint density at radius 3 is 2.07 bits per heavy atom. The van der Waals surface area contributed by atoms with E-state index >= 15 is 0 Å². The summed E-state index contributed by atoms with van der Waals surface area (Å²) in [6.07, 6.45) is 2.26. The Morgan fingerprint density at radius 2 is 1.49 bits per heavy atom.